The van der Waals surface area contributed by atoms with E-state index in [1.54, 1.807) is 38.0 Å². The molecule has 1 aliphatic rings. The predicted molar refractivity (Wildman–Crippen MR) is 114 cm³/mol. The zero-order valence-corrected chi connectivity index (χ0v) is 18.1. The van der Waals surface area contributed by atoms with Gasteiger partial charge in [-0.15, -0.1) is 0 Å². The summed E-state index contributed by atoms with van der Waals surface area (Å²) in [5.74, 6) is 1.07. The highest BCUT2D eigenvalue weighted by atomic mass is 32.2. The topological polar surface area (TPSA) is 75.7 Å². The second kappa shape index (κ2) is 8.55. The van der Waals surface area contributed by atoms with Gasteiger partial charge in [-0.3, -0.25) is 4.79 Å². The number of nitrogens with zero attached hydrogens (tertiary/aromatic N) is 1. The van der Waals surface area contributed by atoms with Crippen LogP contribution in [0, 0.1) is 5.92 Å². The minimum atomic E-state index is -3.59. The molecule has 0 heterocycles. The summed E-state index contributed by atoms with van der Waals surface area (Å²) >= 11 is 0. The van der Waals surface area contributed by atoms with Gasteiger partial charge in [-0.25, -0.2) is 13.1 Å². The second-order valence-corrected chi connectivity index (χ2v) is 9.47. The molecule has 1 saturated carbocycles. The number of sulfonamides is 1. The van der Waals surface area contributed by atoms with Gasteiger partial charge in [0.2, 0.25) is 10.0 Å². The van der Waals surface area contributed by atoms with Crippen molar-refractivity contribution < 1.29 is 17.9 Å². The first-order chi connectivity index (χ1) is 13.7. The molecule has 1 atom stereocenters. The van der Waals surface area contributed by atoms with Crippen LogP contribution in [0.5, 0.6) is 5.75 Å². The van der Waals surface area contributed by atoms with Crippen molar-refractivity contribution in [1.29, 1.82) is 0 Å². The lowest BCUT2D eigenvalue weighted by molar-refractivity contribution is 0.0975. The average Bonchev–Trinajstić information content (AvgIpc) is 3.53. The predicted octanol–water partition coefficient (Wildman–Crippen LogP) is 3.83. The first kappa shape index (κ1) is 21.3. The Kier molecular flexibility index (Phi) is 6.29. The van der Waals surface area contributed by atoms with Crippen LogP contribution in [0.25, 0.3) is 0 Å². The standard InChI is InChI=1S/C22H28N2O4S/c1-15(2)23-29(26,27)21-13-7-18(8-14-21)22(25)24(16(3)17-5-6-17)19-9-11-20(28-4)12-10-19/h7-17,23H,5-6H2,1-4H3. The van der Waals surface area contributed by atoms with Gasteiger partial charge in [-0.2, -0.15) is 0 Å². The number of methoxy groups -OCH3 is 1. The van der Waals surface area contributed by atoms with E-state index < -0.39 is 10.0 Å². The Bertz CT molecular complexity index is 949. The Labute approximate surface area is 172 Å². The van der Waals surface area contributed by atoms with Crippen LogP contribution in [0.1, 0.15) is 44.0 Å². The van der Waals surface area contributed by atoms with Crippen LogP contribution in [0.3, 0.4) is 0 Å². The van der Waals surface area contributed by atoms with Gasteiger partial charge in [-0.05, 0) is 88.1 Å². The third kappa shape index (κ3) is 4.97. The number of carbonyl (C=O) groups is 1. The lowest BCUT2D eigenvalue weighted by Crippen LogP contribution is -2.40. The molecule has 0 bridgehead atoms. The highest BCUT2D eigenvalue weighted by Gasteiger charge is 2.35. The van der Waals surface area contributed by atoms with E-state index in [-0.39, 0.29) is 22.9 Å². The summed E-state index contributed by atoms with van der Waals surface area (Å²) in [6, 6.07) is 13.4. The molecule has 0 aliphatic heterocycles. The van der Waals surface area contributed by atoms with E-state index in [2.05, 4.69) is 11.6 Å². The molecule has 1 aliphatic carbocycles. The molecule has 1 unspecified atom stereocenters. The Morgan fingerprint density at radius 1 is 1.03 bits per heavy atom. The van der Waals surface area contributed by atoms with Gasteiger partial charge in [0.05, 0.1) is 12.0 Å². The molecule has 29 heavy (non-hydrogen) atoms. The zero-order valence-electron chi connectivity index (χ0n) is 17.3. The molecule has 1 N–H and O–H groups in total. The fraction of sp³-hybridized carbons (Fsp3) is 0.409. The number of amides is 1. The molecule has 1 amide bonds. The summed E-state index contributed by atoms with van der Waals surface area (Å²) in [7, 11) is -1.99. The third-order valence-corrected chi connectivity index (χ3v) is 6.76. The van der Waals surface area contributed by atoms with Gasteiger partial charge in [0.25, 0.3) is 5.91 Å². The highest BCUT2D eigenvalue weighted by Crippen LogP contribution is 2.38. The van der Waals surface area contributed by atoms with Gasteiger partial charge >= 0.3 is 0 Å². The summed E-state index contributed by atoms with van der Waals surface area (Å²) in [4.78, 5) is 15.3. The average molecular weight is 417 g/mol. The van der Waals surface area contributed by atoms with Crippen molar-refractivity contribution in [2.24, 2.45) is 5.92 Å². The zero-order chi connectivity index (χ0) is 21.2. The van der Waals surface area contributed by atoms with Gasteiger partial charge in [0, 0.05) is 23.3 Å². The van der Waals surface area contributed by atoms with Gasteiger partial charge < -0.3 is 9.64 Å². The SMILES string of the molecule is COc1ccc(N(C(=O)c2ccc(S(=O)(=O)NC(C)C)cc2)C(C)C2CC2)cc1. The van der Waals surface area contributed by atoms with Crippen LogP contribution in [-0.2, 0) is 10.0 Å². The Morgan fingerprint density at radius 2 is 1.62 bits per heavy atom. The molecule has 3 rings (SSSR count). The monoisotopic (exact) mass is 416 g/mol. The van der Waals surface area contributed by atoms with Crippen molar-refractivity contribution in [2.45, 2.75) is 50.6 Å². The van der Waals surface area contributed by atoms with Crippen molar-refractivity contribution in [3.8, 4) is 5.75 Å². The Balaban J connectivity index is 1.89. The third-order valence-electron chi connectivity index (χ3n) is 5.08. The normalized spacial score (nSPS) is 15.2. The second-order valence-electron chi connectivity index (χ2n) is 7.75. The number of ether oxygens (including phenoxy) is 1. The maximum atomic E-state index is 13.3. The van der Waals surface area contributed by atoms with Crippen LogP contribution in [0.15, 0.2) is 53.4 Å². The van der Waals surface area contributed by atoms with E-state index in [0.29, 0.717) is 11.5 Å². The summed E-state index contributed by atoms with van der Waals surface area (Å²) in [6.07, 6.45) is 2.22. The number of carbonyl (C=O) groups excluding carboxylic acids is 1. The minimum Gasteiger partial charge on any atom is -0.497 e. The number of benzene rings is 2. The van der Waals surface area contributed by atoms with Crippen LogP contribution in [-0.4, -0.2) is 33.5 Å². The van der Waals surface area contributed by atoms with Gasteiger partial charge in [0.1, 0.15) is 5.75 Å². The number of anilines is 1. The van der Waals surface area contributed by atoms with E-state index in [4.69, 9.17) is 4.74 Å². The number of rotatable bonds is 8. The Hall–Kier alpha value is -2.38. The molecule has 7 heteroatoms. The summed E-state index contributed by atoms with van der Waals surface area (Å²) < 4.78 is 32.4. The van der Waals surface area contributed by atoms with Crippen molar-refractivity contribution >= 4 is 21.6 Å². The molecule has 2 aromatic rings. The molecule has 156 valence electrons. The first-order valence-electron chi connectivity index (χ1n) is 9.83. The van der Waals surface area contributed by atoms with Crippen LogP contribution in [0.2, 0.25) is 0 Å². The molecule has 0 saturated heterocycles. The van der Waals surface area contributed by atoms with Crippen molar-refractivity contribution in [3.63, 3.8) is 0 Å². The van der Waals surface area contributed by atoms with Crippen LogP contribution >= 0.6 is 0 Å². The highest BCUT2D eigenvalue weighted by molar-refractivity contribution is 7.89. The van der Waals surface area contributed by atoms with E-state index in [9.17, 15) is 13.2 Å². The molecule has 0 radical (unpaired) electrons. The fourth-order valence-corrected chi connectivity index (χ4v) is 4.61. The minimum absolute atomic E-state index is 0.0573. The number of hydrogen-bond donors (Lipinski definition) is 1. The van der Waals surface area contributed by atoms with Crippen molar-refractivity contribution in [1.82, 2.24) is 4.72 Å². The number of nitrogens with one attached hydrogen (secondary N) is 1. The summed E-state index contributed by atoms with van der Waals surface area (Å²) in [6.45, 7) is 5.59. The fourth-order valence-electron chi connectivity index (χ4n) is 3.36. The molecule has 2 aromatic carbocycles. The van der Waals surface area contributed by atoms with E-state index >= 15 is 0 Å². The quantitative estimate of drug-likeness (QED) is 0.710. The first-order valence-corrected chi connectivity index (χ1v) is 11.3. The Morgan fingerprint density at radius 3 is 2.10 bits per heavy atom. The largest absolute Gasteiger partial charge is 0.497 e. The lowest BCUT2D eigenvalue weighted by Gasteiger charge is -2.30. The van der Waals surface area contributed by atoms with Gasteiger partial charge in [-0.1, -0.05) is 0 Å². The van der Waals surface area contributed by atoms with Crippen molar-refractivity contribution in [2.75, 3.05) is 12.0 Å². The molecule has 0 aromatic heterocycles. The van der Waals surface area contributed by atoms with E-state index in [0.717, 1.165) is 24.3 Å². The van der Waals surface area contributed by atoms with Crippen molar-refractivity contribution in [3.05, 3.63) is 54.1 Å². The van der Waals surface area contributed by atoms with E-state index in [1.807, 2.05) is 24.3 Å². The maximum Gasteiger partial charge on any atom is 0.258 e. The smallest absolute Gasteiger partial charge is 0.258 e. The van der Waals surface area contributed by atoms with E-state index in [1.165, 1.54) is 12.1 Å². The van der Waals surface area contributed by atoms with Crippen LogP contribution in [0.4, 0.5) is 5.69 Å². The summed E-state index contributed by atoms with van der Waals surface area (Å²) in [5.41, 5.74) is 1.25. The molecule has 0 spiro atoms. The number of hydrogen-bond acceptors (Lipinski definition) is 4. The van der Waals surface area contributed by atoms with Crippen LogP contribution < -0.4 is 14.4 Å². The molecular formula is C22H28N2O4S. The molecule has 1 fully saturated rings. The lowest BCUT2D eigenvalue weighted by atomic mass is 10.1. The van der Waals surface area contributed by atoms with Gasteiger partial charge in [0.15, 0.2) is 0 Å². The maximum absolute atomic E-state index is 13.3. The molecule has 6 nitrogen and oxygen atoms in total. The summed E-state index contributed by atoms with van der Waals surface area (Å²) in [5, 5.41) is 0. The molecular weight excluding hydrogens is 388 g/mol.